The SMILES string of the molecule is COC(=O)COC(C)c1ccncc1. The van der Waals surface area contributed by atoms with Crippen LogP contribution in [-0.2, 0) is 14.3 Å². The maximum atomic E-state index is 10.8. The van der Waals surface area contributed by atoms with Crippen LogP contribution < -0.4 is 0 Å². The molecule has 14 heavy (non-hydrogen) atoms. The molecule has 0 radical (unpaired) electrons. The molecule has 0 aliphatic carbocycles. The van der Waals surface area contributed by atoms with Gasteiger partial charge in [0.2, 0.25) is 0 Å². The Morgan fingerprint density at radius 2 is 2.14 bits per heavy atom. The highest BCUT2D eigenvalue weighted by Crippen LogP contribution is 2.14. The lowest BCUT2D eigenvalue weighted by Crippen LogP contribution is -2.12. The van der Waals surface area contributed by atoms with Crippen molar-refractivity contribution in [2.45, 2.75) is 13.0 Å². The minimum Gasteiger partial charge on any atom is -0.467 e. The number of hydrogen-bond donors (Lipinski definition) is 0. The van der Waals surface area contributed by atoms with Crippen molar-refractivity contribution in [1.29, 1.82) is 0 Å². The molecule has 1 aromatic heterocycles. The second-order valence-electron chi connectivity index (χ2n) is 2.81. The Kier molecular flexibility index (Phi) is 4.07. The molecule has 1 atom stereocenters. The van der Waals surface area contributed by atoms with E-state index in [4.69, 9.17) is 4.74 Å². The average Bonchev–Trinajstić information content (AvgIpc) is 2.26. The van der Waals surface area contributed by atoms with Crippen molar-refractivity contribution in [2.75, 3.05) is 13.7 Å². The van der Waals surface area contributed by atoms with Crippen molar-refractivity contribution >= 4 is 5.97 Å². The standard InChI is InChI=1S/C10H13NO3/c1-8(14-7-10(12)13-2)9-3-5-11-6-4-9/h3-6,8H,7H2,1-2H3. The number of hydrogen-bond acceptors (Lipinski definition) is 4. The van der Waals surface area contributed by atoms with Crippen LogP contribution in [0.25, 0.3) is 0 Å². The summed E-state index contributed by atoms with van der Waals surface area (Å²) in [6, 6.07) is 3.70. The second kappa shape index (κ2) is 5.34. The quantitative estimate of drug-likeness (QED) is 0.680. The van der Waals surface area contributed by atoms with Crippen molar-refractivity contribution in [1.82, 2.24) is 4.98 Å². The van der Waals surface area contributed by atoms with E-state index >= 15 is 0 Å². The van der Waals surface area contributed by atoms with Gasteiger partial charge in [-0.1, -0.05) is 0 Å². The summed E-state index contributed by atoms with van der Waals surface area (Å²) in [5.74, 6) is -0.370. The normalized spacial score (nSPS) is 12.1. The van der Waals surface area contributed by atoms with Gasteiger partial charge in [0.05, 0.1) is 13.2 Å². The zero-order valence-corrected chi connectivity index (χ0v) is 8.27. The number of methoxy groups -OCH3 is 1. The van der Waals surface area contributed by atoms with Gasteiger partial charge in [-0.25, -0.2) is 4.79 Å². The van der Waals surface area contributed by atoms with E-state index in [1.54, 1.807) is 12.4 Å². The summed E-state index contributed by atoms with van der Waals surface area (Å²) in [6.45, 7) is 1.85. The Balaban J connectivity index is 2.43. The van der Waals surface area contributed by atoms with Crippen LogP contribution in [-0.4, -0.2) is 24.7 Å². The van der Waals surface area contributed by atoms with Crippen LogP contribution in [0.2, 0.25) is 0 Å². The Hall–Kier alpha value is -1.42. The van der Waals surface area contributed by atoms with Gasteiger partial charge >= 0.3 is 5.97 Å². The zero-order chi connectivity index (χ0) is 10.4. The largest absolute Gasteiger partial charge is 0.467 e. The topological polar surface area (TPSA) is 48.4 Å². The Labute approximate surface area is 82.9 Å². The summed E-state index contributed by atoms with van der Waals surface area (Å²) in [7, 11) is 1.34. The van der Waals surface area contributed by atoms with E-state index < -0.39 is 0 Å². The first-order valence-corrected chi connectivity index (χ1v) is 4.32. The number of rotatable bonds is 4. The van der Waals surface area contributed by atoms with Crippen LogP contribution in [0.3, 0.4) is 0 Å². The van der Waals surface area contributed by atoms with Crippen molar-refractivity contribution in [2.24, 2.45) is 0 Å². The highest BCUT2D eigenvalue weighted by molar-refractivity contribution is 5.70. The summed E-state index contributed by atoms with van der Waals surface area (Å²) >= 11 is 0. The third-order valence-corrected chi connectivity index (χ3v) is 1.85. The fourth-order valence-corrected chi connectivity index (χ4v) is 0.983. The first-order chi connectivity index (χ1) is 6.74. The fourth-order valence-electron chi connectivity index (χ4n) is 0.983. The number of esters is 1. The molecule has 0 fully saturated rings. The first kappa shape index (κ1) is 10.7. The smallest absolute Gasteiger partial charge is 0.331 e. The van der Waals surface area contributed by atoms with Crippen LogP contribution >= 0.6 is 0 Å². The van der Waals surface area contributed by atoms with Crippen LogP contribution in [0.4, 0.5) is 0 Å². The summed E-state index contributed by atoms with van der Waals surface area (Å²) in [4.78, 5) is 14.7. The summed E-state index contributed by atoms with van der Waals surface area (Å²) in [5.41, 5.74) is 0.990. The molecule has 76 valence electrons. The van der Waals surface area contributed by atoms with Gasteiger partial charge in [-0.3, -0.25) is 4.98 Å². The number of pyridine rings is 1. The summed E-state index contributed by atoms with van der Waals surface area (Å²) in [6.07, 6.45) is 3.25. The molecule has 0 saturated heterocycles. The van der Waals surface area contributed by atoms with E-state index in [-0.39, 0.29) is 18.7 Å². The molecule has 1 heterocycles. The maximum absolute atomic E-state index is 10.8. The van der Waals surface area contributed by atoms with Crippen LogP contribution in [0.1, 0.15) is 18.6 Å². The van der Waals surface area contributed by atoms with Gasteiger partial charge in [-0.2, -0.15) is 0 Å². The van der Waals surface area contributed by atoms with Gasteiger partial charge in [-0.05, 0) is 24.6 Å². The number of carbonyl (C=O) groups excluding carboxylic acids is 1. The zero-order valence-electron chi connectivity index (χ0n) is 8.27. The van der Waals surface area contributed by atoms with Gasteiger partial charge in [0.25, 0.3) is 0 Å². The predicted molar refractivity (Wildman–Crippen MR) is 50.6 cm³/mol. The third-order valence-electron chi connectivity index (χ3n) is 1.85. The number of nitrogens with zero attached hydrogens (tertiary/aromatic N) is 1. The summed E-state index contributed by atoms with van der Waals surface area (Å²) in [5, 5.41) is 0. The minimum atomic E-state index is -0.370. The molecule has 0 saturated carbocycles. The molecule has 0 amide bonds. The highest BCUT2D eigenvalue weighted by atomic mass is 16.6. The molecule has 1 unspecified atom stereocenters. The fraction of sp³-hybridized carbons (Fsp3) is 0.400. The van der Waals surface area contributed by atoms with Crippen LogP contribution in [0.5, 0.6) is 0 Å². The van der Waals surface area contributed by atoms with Gasteiger partial charge in [0.1, 0.15) is 6.61 Å². The Morgan fingerprint density at radius 3 is 2.71 bits per heavy atom. The van der Waals surface area contributed by atoms with Crippen molar-refractivity contribution < 1.29 is 14.3 Å². The monoisotopic (exact) mass is 195 g/mol. The van der Waals surface area contributed by atoms with Gasteiger partial charge in [-0.15, -0.1) is 0 Å². The Bertz CT molecular complexity index is 287. The Morgan fingerprint density at radius 1 is 1.50 bits per heavy atom. The lowest BCUT2D eigenvalue weighted by atomic mass is 10.2. The van der Waals surface area contributed by atoms with E-state index in [0.717, 1.165) is 5.56 Å². The molecule has 1 aromatic rings. The summed E-state index contributed by atoms with van der Waals surface area (Å²) < 4.78 is 9.74. The van der Waals surface area contributed by atoms with Gasteiger partial charge in [0.15, 0.2) is 0 Å². The van der Waals surface area contributed by atoms with Crippen LogP contribution in [0.15, 0.2) is 24.5 Å². The van der Waals surface area contributed by atoms with E-state index in [0.29, 0.717) is 0 Å². The molecule has 0 spiro atoms. The van der Waals surface area contributed by atoms with E-state index in [2.05, 4.69) is 9.72 Å². The predicted octanol–water partition coefficient (Wildman–Crippen LogP) is 1.33. The second-order valence-corrected chi connectivity index (χ2v) is 2.81. The molecule has 0 aliphatic rings. The minimum absolute atomic E-state index is 0.0278. The molecule has 0 aromatic carbocycles. The molecule has 0 bridgehead atoms. The first-order valence-electron chi connectivity index (χ1n) is 4.32. The van der Waals surface area contributed by atoms with Crippen molar-refractivity contribution in [3.05, 3.63) is 30.1 Å². The molecule has 0 aliphatic heterocycles. The number of aromatic nitrogens is 1. The van der Waals surface area contributed by atoms with Crippen LogP contribution in [0, 0.1) is 0 Å². The molecule has 4 nitrogen and oxygen atoms in total. The average molecular weight is 195 g/mol. The van der Waals surface area contributed by atoms with E-state index in [1.165, 1.54) is 7.11 Å². The number of carbonyl (C=O) groups is 1. The third kappa shape index (κ3) is 3.14. The maximum Gasteiger partial charge on any atom is 0.331 e. The van der Waals surface area contributed by atoms with E-state index in [1.807, 2.05) is 19.1 Å². The lowest BCUT2D eigenvalue weighted by Gasteiger charge is -2.11. The van der Waals surface area contributed by atoms with Gasteiger partial charge in [0, 0.05) is 12.4 Å². The molecular formula is C10H13NO3. The molecule has 4 heteroatoms. The van der Waals surface area contributed by atoms with E-state index in [9.17, 15) is 4.79 Å². The molecule has 1 rings (SSSR count). The lowest BCUT2D eigenvalue weighted by molar-refractivity contribution is -0.147. The highest BCUT2D eigenvalue weighted by Gasteiger charge is 2.07. The van der Waals surface area contributed by atoms with Crippen molar-refractivity contribution in [3.8, 4) is 0 Å². The van der Waals surface area contributed by atoms with Crippen molar-refractivity contribution in [3.63, 3.8) is 0 Å². The molecular weight excluding hydrogens is 182 g/mol. The van der Waals surface area contributed by atoms with Gasteiger partial charge < -0.3 is 9.47 Å². The molecule has 0 N–H and O–H groups in total. The number of ether oxygens (including phenoxy) is 2.